The van der Waals surface area contributed by atoms with E-state index in [4.69, 9.17) is 26.2 Å². The number of aliphatic carboxylic acids is 1. The summed E-state index contributed by atoms with van der Waals surface area (Å²) in [5.74, 6) is -1.09. The number of hydrogen-bond donors (Lipinski definition) is 2. The number of allylic oxidation sites excluding steroid dienone is 4. The highest BCUT2D eigenvalue weighted by atomic mass is 35.5. The van der Waals surface area contributed by atoms with Crippen LogP contribution in [0.1, 0.15) is 87.5 Å². The number of halogens is 2. The number of hydrogen-bond acceptors (Lipinski definition) is 6. The fourth-order valence-electron chi connectivity index (χ4n) is 7.00. The fourth-order valence-corrected chi connectivity index (χ4v) is 7.23. The highest BCUT2D eigenvalue weighted by molar-refractivity contribution is 6.32. The molecule has 1 unspecified atom stereocenters. The first-order chi connectivity index (χ1) is 25.7. The normalized spacial score (nSPS) is 18.9. The maximum atomic E-state index is 14.8. The molecule has 0 saturated carbocycles. The molecule has 2 aliphatic carbocycles. The number of ketones is 1. The molecule has 0 heterocycles. The number of Topliss-reactive ketones (excluding diaryl/α,β-unsaturated/α-hetero) is 1. The van der Waals surface area contributed by atoms with Crippen molar-refractivity contribution in [1.82, 2.24) is 0 Å². The third kappa shape index (κ3) is 10.7. The van der Waals surface area contributed by atoms with Gasteiger partial charge in [0.15, 0.2) is 0 Å². The van der Waals surface area contributed by atoms with Crippen molar-refractivity contribution in [2.45, 2.75) is 83.7 Å². The summed E-state index contributed by atoms with van der Waals surface area (Å²) < 4.78 is 27.8. The number of nitriles is 1. The van der Waals surface area contributed by atoms with Gasteiger partial charge in [-0.3, -0.25) is 9.59 Å². The van der Waals surface area contributed by atoms with Crippen LogP contribution >= 0.6 is 11.6 Å². The van der Waals surface area contributed by atoms with Crippen LogP contribution in [-0.4, -0.2) is 35.2 Å². The molecule has 0 bridgehead atoms. The Labute approximate surface area is 316 Å². The van der Waals surface area contributed by atoms with Gasteiger partial charge >= 0.3 is 5.97 Å². The third-order valence-corrected chi connectivity index (χ3v) is 10.4. The van der Waals surface area contributed by atoms with Gasteiger partial charge < -0.3 is 19.7 Å². The average molecular weight is 740 g/mol. The Morgan fingerprint density at radius 1 is 1.04 bits per heavy atom. The minimum Gasteiger partial charge on any atom is -0.488 e. The lowest BCUT2D eigenvalue weighted by molar-refractivity contribution is -0.141. The third-order valence-electron chi connectivity index (χ3n) is 10.1. The molecule has 0 saturated heterocycles. The zero-order chi connectivity index (χ0) is 37.7. The van der Waals surface area contributed by atoms with E-state index in [0.29, 0.717) is 72.6 Å². The fraction of sp³-hybridized carbons (Fsp3) is 0.386. The average Bonchev–Trinajstić information content (AvgIpc) is 3.55. The Bertz CT molecular complexity index is 1910. The van der Waals surface area contributed by atoms with Crippen molar-refractivity contribution in [1.29, 1.82) is 5.26 Å². The lowest BCUT2D eigenvalue weighted by atomic mass is 9.92. The number of aryl methyl sites for hydroxylation is 1. The van der Waals surface area contributed by atoms with E-state index < -0.39 is 17.8 Å². The molecule has 2 aliphatic rings. The molecule has 9 heteroatoms. The first-order valence-corrected chi connectivity index (χ1v) is 18.9. The summed E-state index contributed by atoms with van der Waals surface area (Å²) in [7, 11) is 0. The minimum atomic E-state index is -0.875. The first kappa shape index (κ1) is 39.5. The van der Waals surface area contributed by atoms with Gasteiger partial charge in [-0.2, -0.15) is 5.26 Å². The molecule has 53 heavy (non-hydrogen) atoms. The molecule has 0 aliphatic heterocycles. The van der Waals surface area contributed by atoms with E-state index in [1.807, 2.05) is 54.6 Å². The van der Waals surface area contributed by atoms with E-state index in [1.54, 1.807) is 19.1 Å². The summed E-state index contributed by atoms with van der Waals surface area (Å²) in [6, 6.07) is 18.6. The second-order valence-electron chi connectivity index (χ2n) is 13.9. The molecule has 0 fully saturated rings. The second-order valence-corrected chi connectivity index (χ2v) is 14.3. The number of unbranched alkanes of at least 4 members (excludes halogenated alkanes) is 1. The van der Waals surface area contributed by atoms with Crippen LogP contribution in [-0.2, 0) is 22.4 Å². The predicted octanol–water partition coefficient (Wildman–Crippen LogP) is 10.1. The summed E-state index contributed by atoms with van der Waals surface area (Å²) in [6.45, 7) is 1.63. The van der Waals surface area contributed by atoms with E-state index in [-0.39, 0.29) is 37.3 Å². The Morgan fingerprint density at radius 3 is 2.62 bits per heavy atom. The van der Waals surface area contributed by atoms with Crippen molar-refractivity contribution < 1.29 is 33.7 Å². The van der Waals surface area contributed by atoms with Crippen LogP contribution in [0.4, 0.5) is 4.39 Å². The van der Waals surface area contributed by atoms with Gasteiger partial charge in [0.2, 0.25) is 0 Å². The number of aliphatic hydroxyl groups excluding tert-OH is 1. The molecule has 0 aromatic heterocycles. The van der Waals surface area contributed by atoms with Crippen LogP contribution in [0.2, 0.25) is 5.02 Å². The van der Waals surface area contributed by atoms with Gasteiger partial charge in [0, 0.05) is 24.0 Å². The number of carboxylic acids is 1. The van der Waals surface area contributed by atoms with Crippen molar-refractivity contribution in [2.24, 2.45) is 11.8 Å². The van der Waals surface area contributed by atoms with E-state index in [2.05, 4.69) is 12.1 Å². The van der Waals surface area contributed by atoms with Crippen LogP contribution in [0.3, 0.4) is 0 Å². The Kier molecular flexibility index (Phi) is 14.5. The SMILES string of the molecule is C[C@H](CCCC(=O)C(CO)CCCCc1cc(Cl)c(O[C@H]2CCc3c(-c4ccccc4F)cccc32)cc1OCC1=C/CC/C=C/C(C#N)=C\1)C(=O)O. The summed E-state index contributed by atoms with van der Waals surface area (Å²) in [4.78, 5) is 23.9. The Morgan fingerprint density at radius 2 is 1.85 bits per heavy atom. The maximum absolute atomic E-state index is 14.8. The minimum absolute atomic E-state index is 0.0414. The molecule has 7 nitrogen and oxygen atoms in total. The number of nitrogens with zero attached hydrogens (tertiary/aromatic N) is 1. The van der Waals surface area contributed by atoms with E-state index in [9.17, 15) is 24.3 Å². The van der Waals surface area contributed by atoms with Crippen LogP contribution in [0, 0.1) is 29.0 Å². The molecular formula is C44H47ClFNO6. The summed E-state index contributed by atoms with van der Waals surface area (Å²) in [5.41, 5.74) is 5.81. The zero-order valence-electron chi connectivity index (χ0n) is 30.2. The number of carbonyl (C=O) groups is 2. The topological polar surface area (TPSA) is 117 Å². The lowest BCUT2D eigenvalue weighted by Crippen LogP contribution is -2.19. The van der Waals surface area contributed by atoms with Gasteiger partial charge in [-0.15, -0.1) is 0 Å². The quantitative estimate of drug-likeness (QED) is 0.125. The van der Waals surface area contributed by atoms with E-state index in [0.717, 1.165) is 47.1 Å². The number of ether oxygens (including phenoxy) is 2. The molecular weight excluding hydrogens is 693 g/mol. The van der Waals surface area contributed by atoms with Gasteiger partial charge in [0.05, 0.1) is 29.2 Å². The summed E-state index contributed by atoms with van der Waals surface area (Å²) in [6.07, 6.45) is 14.2. The highest BCUT2D eigenvalue weighted by Crippen LogP contribution is 2.43. The first-order valence-electron chi connectivity index (χ1n) is 18.5. The van der Waals surface area contributed by atoms with E-state index in [1.165, 1.54) is 6.07 Å². The number of carboxylic acid groups (broad SMARTS) is 1. The largest absolute Gasteiger partial charge is 0.488 e. The molecule has 0 spiro atoms. The van der Waals surface area contributed by atoms with Crippen LogP contribution in [0.25, 0.3) is 11.1 Å². The number of aliphatic hydroxyl groups is 1. The number of carbonyl (C=O) groups excluding carboxylic acids is 1. The molecule has 3 atom stereocenters. The number of benzene rings is 3. The van der Waals surface area contributed by atoms with Gasteiger partial charge in [-0.05, 0) is 110 Å². The van der Waals surface area contributed by atoms with Crippen LogP contribution < -0.4 is 9.47 Å². The monoisotopic (exact) mass is 739 g/mol. The lowest BCUT2D eigenvalue weighted by Gasteiger charge is -2.20. The zero-order valence-corrected chi connectivity index (χ0v) is 30.9. The summed E-state index contributed by atoms with van der Waals surface area (Å²) >= 11 is 6.89. The Hall–Kier alpha value is -4.71. The molecule has 5 rings (SSSR count). The van der Waals surface area contributed by atoms with Crippen molar-refractivity contribution >= 4 is 23.4 Å². The van der Waals surface area contributed by atoms with Gasteiger partial charge in [-0.1, -0.05) is 73.5 Å². The standard InChI is InChI=1S/C44H47ClFNO6/c1-29(44(50)51)11-9-20-40(49)33(27-48)15-6-5-14-32-24-38(45)43(25-42(32)52-28-31-13-4-2-3-12-30(23-31)26-47)53-41-22-21-35-34(17-10-18-37(35)41)36-16-7-8-19-39(36)46/h3,7-8,10,12-13,16-19,23-25,29,33,41,48H,2,4-6,9,11,14-15,20-22,27-28H2,1H3,(H,50,51)/b12-3+,30-23+,31-13+/t29-,33?,41+/m1/s1. The van der Waals surface area contributed by atoms with E-state index >= 15 is 0 Å². The smallest absolute Gasteiger partial charge is 0.306 e. The maximum Gasteiger partial charge on any atom is 0.306 e. The van der Waals surface area contributed by atoms with Gasteiger partial charge in [-0.25, -0.2) is 4.39 Å². The van der Waals surface area contributed by atoms with Gasteiger partial charge in [0.1, 0.15) is 35.8 Å². The van der Waals surface area contributed by atoms with Crippen LogP contribution in [0.5, 0.6) is 11.5 Å². The van der Waals surface area contributed by atoms with Gasteiger partial charge in [0.25, 0.3) is 0 Å². The molecule has 278 valence electrons. The van der Waals surface area contributed by atoms with Crippen molar-refractivity contribution in [2.75, 3.05) is 13.2 Å². The second kappa shape index (κ2) is 19.4. The summed E-state index contributed by atoms with van der Waals surface area (Å²) in [5, 5.41) is 29.1. The highest BCUT2D eigenvalue weighted by Gasteiger charge is 2.28. The predicted molar refractivity (Wildman–Crippen MR) is 204 cm³/mol. The Balaban J connectivity index is 1.31. The van der Waals surface area contributed by atoms with Crippen molar-refractivity contribution in [3.63, 3.8) is 0 Å². The molecule has 3 aromatic carbocycles. The molecule has 0 radical (unpaired) electrons. The van der Waals surface area contributed by atoms with Crippen molar-refractivity contribution in [3.8, 4) is 28.7 Å². The molecule has 2 N–H and O–H groups in total. The number of rotatable bonds is 18. The molecule has 3 aromatic rings. The number of fused-ring (bicyclic) bond motifs is 1. The van der Waals surface area contributed by atoms with Crippen LogP contribution in [0.15, 0.2) is 90.0 Å². The van der Waals surface area contributed by atoms with Crippen molar-refractivity contribution in [3.05, 3.63) is 118 Å². The molecule has 0 amide bonds.